The zero-order valence-electron chi connectivity index (χ0n) is 12.4. The Morgan fingerprint density at radius 1 is 1.55 bits per heavy atom. The van der Waals surface area contributed by atoms with Crippen LogP contribution in [0.15, 0.2) is 10.5 Å². The third-order valence-electron chi connectivity index (χ3n) is 4.19. The Kier molecular flexibility index (Phi) is 3.91. The van der Waals surface area contributed by atoms with Gasteiger partial charge >= 0.3 is 0 Å². The molecule has 0 aliphatic heterocycles. The number of amides is 1. The summed E-state index contributed by atoms with van der Waals surface area (Å²) in [6.45, 7) is 7.86. The lowest BCUT2D eigenvalue weighted by Crippen LogP contribution is -2.56. The first-order chi connectivity index (χ1) is 9.26. The highest BCUT2D eigenvalue weighted by molar-refractivity contribution is 7.80. The summed E-state index contributed by atoms with van der Waals surface area (Å²) >= 11 is 5.11. The number of rotatable bonds is 4. The van der Waals surface area contributed by atoms with Crippen molar-refractivity contribution in [2.45, 2.75) is 46.6 Å². The van der Waals surface area contributed by atoms with E-state index in [4.69, 9.17) is 22.4 Å². The minimum Gasteiger partial charge on any atom is -0.466 e. The van der Waals surface area contributed by atoms with Crippen LogP contribution in [0.3, 0.4) is 0 Å². The second-order valence-corrected chi connectivity index (χ2v) is 6.46. The Morgan fingerprint density at radius 3 is 2.55 bits per heavy atom. The van der Waals surface area contributed by atoms with E-state index < -0.39 is 5.41 Å². The Morgan fingerprint density at radius 2 is 2.15 bits per heavy atom. The molecule has 20 heavy (non-hydrogen) atoms. The van der Waals surface area contributed by atoms with E-state index in [0.717, 1.165) is 29.9 Å². The summed E-state index contributed by atoms with van der Waals surface area (Å²) in [6.07, 6.45) is 1.48. The fourth-order valence-corrected chi connectivity index (χ4v) is 3.38. The summed E-state index contributed by atoms with van der Waals surface area (Å²) in [6, 6.07) is 1.85. The van der Waals surface area contributed by atoms with Gasteiger partial charge in [-0.05, 0) is 45.6 Å². The molecule has 1 saturated carbocycles. The van der Waals surface area contributed by atoms with Crippen molar-refractivity contribution >= 4 is 23.1 Å². The normalized spacial score (nSPS) is 26.7. The first-order valence-corrected chi connectivity index (χ1v) is 7.35. The van der Waals surface area contributed by atoms with Crippen molar-refractivity contribution in [3.05, 3.63) is 23.2 Å². The molecule has 1 aromatic heterocycles. The second kappa shape index (κ2) is 5.20. The minimum atomic E-state index is -0.657. The third-order valence-corrected chi connectivity index (χ3v) is 4.58. The van der Waals surface area contributed by atoms with Crippen LogP contribution in [0.5, 0.6) is 0 Å². The molecular formula is C15H22N2O2S. The van der Waals surface area contributed by atoms with E-state index in [0.29, 0.717) is 10.9 Å². The van der Waals surface area contributed by atoms with Gasteiger partial charge in [0.2, 0.25) is 5.91 Å². The molecule has 4 nitrogen and oxygen atoms in total. The second-order valence-electron chi connectivity index (χ2n) is 6.02. The molecule has 3 N–H and O–H groups in total. The maximum absolute atomic E-state index is 12.5. The van der Waals surface area contributed by atoms with Crippen molar-refractivity contribution < 1.29 is 9.21 Å². The average molecular weight is 294 g/mol. The first kappa shape index (κ1) is 15.0. The summed E-state index contributed by atoms with van der Waals surface area (Å²) < 4.78 is 5.51. The maximum atomic E-state index is 12.5. The van der Waals surface area contributed by atoms with Gasteiger partial charge in [0.05, 0.1) is 16.4 Å². The maximum Gasteiger partial charge on any atom is 0.233 e. The van der Waals surface area contributed by atoms with Crippen molar-refractivity contribution in [3.8, 4) is 0 Å². The first-order valence-electron chi connectivity index (χ1n) is 6.94. The van der Waals surface area contributed by atoms with E-state index in [1.54, 1.807) is 0 Å². The Bertz CT molecular complexity index is 544. The van der Waals surface area contributed by atoms with Gasteiger partial charge in [-0.1, -0.05) is 19.1 Å². The summed E-state index contributed by atoms with van der Waals surface area (Å²) in [7, 11) is 0. The summed E-state index contributed by atoms with van der Waals surface area (Å²) in [5, 5.41) is 3.03. The van der Waals surface area contributed by atoms with Crippen molar-refractivity contribution in [1.82, 2.24) is 5.32 Å². The Labute approximate surface area is 125 Å². The number of carbonyl (C=O) groups excluding carboxylic acids is 1. The highest BCUT2D eigenvalue weighted by Crippen LogP contribution is 2.46. The smallest absolute Gasteiger partial charge is 0.233 e. The van der Waals surface area contributed by atoms with Crippen molar-refractivity contribution in [3.63, 3.8) is 0 Å². The average Bonchev–Trinajstić information content (AvgIpc) is 2.63. The Hall–Kier alpha value is -1.36. The van der Waals surface area contributed by atoms with Crippen LogP contribution >= 0.6 is 12.2 Å². The largest absolute Gasteiger partial charge is 0.466 e. The summed E-state index contributed by atoms with van der Waals surface area (Å²) in [4.78, 5) is 12.8. The SMILES string of the molecule is Cc1cc(C(C)NC(=O)C2(C(N)=S)CC(C)C2)c(C)o1. The van der Waals surface area contributed by atoms with E-state index in [2.05, 4.69) is 12.2 Å². The number of nitrogens with two attached hydrogens (primary N) is 1. The number of carbonyl (C=O) groups is 1. The summed E-state index contributed by atoms with van der Waals surface area (Å²) in [5.74, 6) is 2.12. The van der Waals surface area contributed by atoms with Gasteiger partial charge in [-0.2, -0.15) is 0 Å². The minimum absolute atomic E-state index is 0.0612. The number of aryl methyl sites for hydroxylation is 2. The molecule has 110 valence electrons. The van der Waals surface area contributed by atoms with Gasteiger partial charge in [-0.15, -0.1) is 0 Å². The van der Waals surface area contributed by atoms with E-state index in [9.17, 15) is 4.79 Å². The molecule has 1 heterocycles. The number of nitrogens with one attached hydrogen (secondary N) is 1. The Balaban J connectivity index is 2.11. The molecule has 1 aliphatic carbocycles. The fourth-order valence-electron chi connectivity index (χ4n) is 3.12. The van der Waals surface area contributed by atoms with Gasteiger partial charge < -0.3 is 15.5 Å². The lowest BCUT2D eigenvalue weighted by atomic mass is 9.62. The van der Waals surface area contributed by atoms with Crippen LogP contribution in [-0.2, 0) is 4.79 Å². The molecule has 5 heteroatoms. The van der Waals surface area contributed by atoms with Crippen molar-refractivity contribution in [2.24, 2.45) is 17.1 Å². The molecule has 1 unspecified atom stereocenters. The standard InChI is InChI=1S/C15H22N2O2S/c1-8-6-15(7-8,13(16)20)14(18)17-10(3)12-5-9(2)19-11(12)4/h5,8,10H,6-7H2,1-4H3,(H2,16,20)(H,17,18). The van der Waals surface area contributed by atoms with Gasteiger partial charge in [0.15, 0.2) is 0 Å². The topological polar surface area (TPSA) is 68.3 Å². The van der Waals surface area contributed by atoms with Gasteiger partial charge in [0.1, 0.15) is 11.5 Å². The molecule has 0 radical (unpaired) electrons. The molecule has 0 saturated heterocycles. The molecule has 1 fully saturated rings. The fraction of sp³-hybridized carbons (Fsp3) is 0.600. The molecule has 1 atom stereocenters. The molecule has 0 aromatic carbocycles. The van der Waals surface area contributed by atoms with Crippen LogP contribution in [0.25, 0.3) is 0 Å². The lowest BCUT2D eigenvalue weighted by molar-refractivity contribution is -0.133. The zero-order chi connectivity index (χ0) is 15.1. The molecule has 1 aliphatic rings. The van der Waals surface area contributed by atoms with Crippen LogP contribution in [0.4, 0.5) is 0 Å². The molecular weight excluding hydrogens is 272 g/mol. The van der Waals surface area contributed by atoms with Crippen LogP contribution < -0.4 is 11.1 Å². The number of hydrogen-bond donors (Lipinski definition) is 2. The van der Waals surface area contributed by atoms with Crippen molar-refractivity contribution in [1.29, 1.82) is 0 Å². The third kappa shape index (κ3) is 2.46. The van der Waals surface area contributed by atoms with Gasteiger partial charge in [0.25, 0.3) is 0 Å². The zero-order valence-corrected chi connectivity index (χ0v) is 13.3. The van der Waals surface area contributed by atoms with Gasteiger partial charge in [-0.3, -0.25) is 4.79 Å². The van der Waals surface area contributed by atoms with Crippen LogP contribution in [0.1, 0.15) is 49.8 Å². The summed E-state index contributed by atoms with van der Waals surface area (Å²) in [5.41, 5.74) is 6.14. The molecule has 1 amide bonds. The van der Waals surface area contributed by atoms with Crippen LogP contribution in [0, 0.1) is 25.2 Å². The van der Waals surface area contributed by atoms with E-state index in [1.807, 2.05) is 26.8 Å². The predicted molar refractivity (Wildman–Crippen MR) is 82.4 cm³/mol. The highest BCUT2D eigenvalue weighted by atomic mass is 32.1. The van der Waals surface area contributed by atoms with E-state index in [-0.39, 0.29) is 11.9 Å². The number of furan rings is 1. The lowest BCUT2D eigenvalue weighted by Gasteiger charge is -2.44. The van der Waals surface area contributed by atoms with E-state index in [1.165, 1.54) is 0 Å². The highest BCUT2D eigenvalue weighted by Gasteiger charge is 2.51. The van der Waals surface area contributed by atoms with Crippen molar-refractivity contribution in [2.75, 3.05) is 0 Å². The number of hydrogen-bond acceptors (Lipinski definition) is 3. The van der Waals surface area contributed by atoms with E-state index >= 15 is 0 Å². The van der Waals surface area contributed by atoms with Crippen LogP contribution in [0.2, 0.25) is 0 Å². The molecule has 1 aromatic rings. The van der Waals surface area contributed by atoms with Gasteiger partial charge in [-0.25, -0.2) is 0 Å². The quantitative estimate of drug-likeness (QED) is 0.838. The molecule has 2 rings (SSSR count). The monoisotopic (exact) mass is 294 g/mol. The van der Waals surface area contributed by atoms with Gasteiger partial charge in [0, 0.05) is 5.56 Å². The number of thiocarbonyl (C=S) groups is 1. The van der Waals surface area contributed by atoms with Crippen LogP contribution in [-0.4, -0.2) is 10.9 Å². The molecule has 0 spiro atoms. The predicted octanol–water partition coefficient (Wildman–Crippen LogP) is 2.78. The molecule has 0 bridgehead atoms.